The fourth-order valence-electron chi connectivity index (χ4n) is 2.26. The molecule has 6 heteroatoms. The minimum absolute atomic E-state index is 0.0551. The first-order chi connectivity index (χ1) is 11.7. The third-order valence-corrected chi connectivity index (χ3v) is 3.53. The molecule has 0 heterocycles. The molecule has 1 unspecified atom stereocenters. The zero-order valence-electron chi connectivity index (χ0n) is 14.2. The fourth-order valence-corrected chi connectivity index (χ4v) is 2.26. The molecular formula is C18H20F3NO2. The van der Waals surface area contributed by atoms with Crippen LogP contribution >= 0.6 is 0 Å². The van der Waals surface area contributed by atoms with Gasteiger partial charge in [0.25, 0.3) is 0 Å². The fraction of sp³-hybridized carbons (Fsp3) is 0.333. The molecule has 2 aromatic carbocycles. The van der Waals surface area contributed by atoms with Gasteiger partial charge in [0.1, 0.15) is 5.75 Å². The maximum absolute atomic E-state index is 12.1. The van der Waals surface area contributed by atoms with Crippen LogP contribution in [0.4, 0.5) is 13.2 Å². The second kappa shape index (κ2) is 8.17. The highest BCUT2D eigenvalue weighted by molar-refractivity contribution is 5.28. The van der Waals surface area contributed by atoms with Crippen molar-refractivity contribution in [2.24, 2.45) is 0 Å². The minimum atomic E-state index is -4.77. The van der Waals surface area contributed by atoms with Crippen LogP contribution in [0.15, 0.2) is 54.6 Å². The van der Waals surface area contributed by atoms with Crippen molar-refractivity contribution < 1.29 is 24.4 Å². The molecule has 0 saturated heterocycles. The Morgan fingerprint density at radius 3 is 2.29 bits per heavy atom. The number of alkyl halides is 3. The van der Waals surface area contributed by atoms with Gasteiger partial charge in [-0.05, 0) is 43.1 Å². The van der Waals surface area contributed by atoms with E-state index in [9.17, 15) is 18.3 Å². The third-order valence-electron chi connectivity index (χ3n) is 3.53. The molecule has 0 aliphatic rings. The molecule has 2 atom stereocenters. The summed E-state index contributed by atoms with van der Waals surface area (Å²) in [6.07, 6.45) is -6.58. The minimum Gasteiger partial charge on any atom is -0.406 e. The number of benzene rings is 2. The normalized spacial score (nSPS) is 16.1. The van der Waals surface area contributed by atoms with Crippen LogP contribution < -0.4 is 10.1 Å². The molecule has 130 valence electrons. The van der Waals surface area contributed by atoms with Crippen LogP contribution in [-0.2, 0) is 0 Å². The molecule has 0 bridgehead atoms. The van der Waals surface area contributed by atoms with Crippen molar-refractivity contribution in [2.45, 2.75) is 31.8 Å². The van der Waals surface area contributed by atoms with E-state index >= 15 is 0 Å². The first-order valence-corrected chi connectivity index (χ1v) is 7.54. The highest BCUT2D eigenvalue weighted by atomic mass is 19.4. The number of hydrogen-bond donors (Lipinski definition) is 2. The number of halogens is 3. The number of nitrogens with one attached hydrogen (secondary N) is 1. The van der Waals surface area contributed by atoms with E-state index in [1.807, 2.05) is 37.3 Å². The zero-order valence-corrected chi connectivity index (χ0v) is 13.2. The maximum Gasteiger partial charge on any atom is 0.573 e. The van der Waals surface area contributed by atoms with Gasteiger partial charge in [0, 0.05) is 6.04 Å². The van der Waals surface area contributed by atoms with E-state index in [1.54, 1.807) is 0 Å². The Hall–Kier alpha value is -2.05. The molecule has 0 aliphatic carbocycles. The van der Waals surface area contributed by atoms with Gasteiger partial charge >= 0.3 is 6.36 Å². The second-order valence-electron chi connectivity index (χ2n) is 5.36. The molecule has 2 N–H and O–H groups in total. The Labute approximate surface area is 140 Å². The molecule has 0 radical (unpaired) electrons. The van der Waals surface area contributed by atoms with Crippen LogP contribution in [0.25, 0.3) is 0 Å². The smallest absolute Gasteiger partial charge is 0.406 e. The second-order valence-corrected chi connectivity index (χ2v) is 5.36. The first-order valence-electron chi connectivity index (χ1n) is 8.04. The summed E-state index contributed by atoms with van der Waals surface area (Å²) in [6, 6.07) is 14.5. The highest BCUT2D eigenvalue weighted by Crippen LogP contribution is 2.25. The van der Waals surface area contributed by atoms with Crippen molar-refractivity contribution in [1.82, 2.24) is 5.32 Å². The summed E-state index contributed by atoms with van der Waals surface area (Å²) in [6.45, 7) is 2.35. The van der Waals surface area contributed by atoms with Gasteiger partial charge in [-0.2, -0.15) is 0 Å². The van der Waals surface area contributed by atoms with E-state index in [-0.39, 0.29) is 23.8 Å². The summed E-state index contributed by atoms with van der Waals surface area (Å²) in [5.74, 6) is -0.386. The molecule has 2 rings (SSSR count). The molecule has 0 saturated carbocycles. The SMILES string of the molecule is [2H]C(O)(CCN[C@H](C)c1ccccc1)c1ccc(OC(F)(F)F)cc1. The van der Waals surface area contributed by atoms with Crippen LogP contribution in [0, 0.1) is 0 Å². The van der Waals surface area contributed by atoms with Crippen molar-refractivity contribution in [3.8, 4) is 5.75 Å². The molecule has 0 amide bonds. The lowest BCUT2D eigenvalue weighted by Crippen LogP contribution is -2.21. The molecule has 0 spiro atoms. The molecule has 0 fully saturated rings. The van der Waals surface area contributed by atoms with Crippen molar-refractivity contribution in [3.05, 3.63) is 65.7 Å². The summed E-state index contributed by atoms with van der Waals surface area (Å²) in [5, 5.41) is 13.5. The first kappa shape index (κ1) is 16.8. The van der Waals surface area contributed by atoms with Crippen LogP contribution in [0.2, 0.25) is 0 Å². The van der Waals surface area contributed by atoms with E-state index in [2.05, 4.69) is 10.1 Å². The number of ether oxygens (including phenoxy) is 1. The average Bonchev–Trinajstić information content (AvgIpc) is 2.54. The molecule has 3 nitrogen and oxygen atoms in total. The van der Waals surface area contributed by atoms with Crippen LogP contribution in [0.3, 0.4) is 0 Å². The van der Waals surface area contributed by atoms with E-state index in [1.165, 1.54) is 12.1 Å². The summed E-state index contributed by atoms with van der Waals surface area (Å²) >= 11 is 0. The van der Waals surface area contributed by atoms with Gasteiger partial charge in [0.2, 0.25) is 0 Å². The Kier molecular flexibility index (Phi) is 5.72. The highest BCUT2D eigenvalue weighted by Gasteiger charge is 2.31. The van der Waals surface area contributed by atoms with Crippen LogP contribution in [0.5, 0.6) is 5.75 Å². The van der Waals surface area contributed by atoms with Crippen LogP contribution in [-0.4, -0.2) is 18.0 Å². The average molecular weight is 340 g/mol. The predicted molar refractivity (Wildman–Crippen MR) is 85.6 cm³/mol. The predicted octanol–water partition coefficient (Wildman–Crippen LogP) is 4.36. The van der Waals surface area contributed by atoms with Gasteiger partial charge in [-0.1, -0.05) is 42.5 Å². The molecule has 0 aromatic heterocycles. The van der Waals surface area contributed by atoms with Gasteiger partial charge in [0.05, 0.1) is 7.45 Å². The van der Waals surface area contributed by atoms with Gasteiger partial charge in [-0.3, -0.25) is 0 Å². The Morgan fingerprint density at radius 2 is 1.71 bits per heavy atom. The number of aliphatic hydroxyl groups is 1. The molecule has 2 aromatic rings. The van der Waals surface area contributed by atoms with Crippen molar-refractivity contribution in [3.63, 3.8) is 0 Å². The number of hydrogen-bond acceptors (Lipinski definition) is 3. The summed E-state index contributed by atoms with van der Waals surface area (Å²) in [7, 11) is 0. The van der Waals surface area contributed by atoms with Crippen molar-refractivity contribution in [1.29, 1.82) is 0 Å². The quantitative estimate of drug-likeness (QED) is 0.787. The van der Waals surface area contributed by atoms with Gasteiger partial charge < -0.3 is 15.2 Å². The standard InChI is InChI=1S/C18H20F3NO2/c1-13(14-5-3-2-4-6-14)22-12-11-17(23)15-7-9-16(10-8-15)24-18(19,20)21/h2-10,13,17,22-23H,11-12H2,1H3/t13-,17?/m1/s1/i17D. The van der Waals surface area contributed by atoms with E-state index in [4.69, 9.17) is 1.37 Å². The Balaban J connectivity index is 1.90. The molecule has 0 aliphatic heterocycles. The topological polar surface area (TPSA) is 41.5 Å². The lowest BCUT2D eigenvalue weighted by Gasteiger charge is -2.17. The van der Waals surface area contributed by atoms with Crippen molar-refractivity contribution in [2.75, 3.05) is 6.54 Å². The molecular weight excluding hydrogens is 319 g/mol. The largest absolute Gasteiger partial charge is 0.573 e. The summed E-state index contributed by atoms with van der Waals surface area (Å²) in [5.41, 5.74) is 1.29. The van der Waals surface area contributed by atoms with Gasteiger partial charge in [-0.25, -0.2) is 0 Å². The van der Waals surface area contributed by atoms with E-state index < -0.39 is 12.4 Å². The molecule has 24 heavy (non-hydrogen) atoms. The monoisotopic (exact) mass is 340 g/mol. The lowest BCUT2D eigenvalue weighted by molar-refractivity contribution is -0.274. The Bertz CT molecular complexity index is 660. The summed E-state index contributed by atoms with van der Waals surface area (Å²) in [4.78, 5) is 0. The van der Waals surface area contributed by atoms with E-state index in [0.717, 1.165) is 17.7 Å². The third kappa shape index (κ3) is 5.86. The van der Waals surface area contributed by atoms with Gasteiger partial charge in [0.15, 0.2) is 0 Å². The number of rotatable bonds is 7. The zero-order chi connectivity index (χ0) is 18.5. The lowest BCUT2D eigenvalue weighted by atomic mass is 10.1. The maximum atomic E-state index is 12.1. The van der Waals surface area contributed by atoms with Gasteiger partial charge in [-0.15, -0.1) is 13.2 Å². The summed E-state index contributed by atoms with van der Waals surface area (Å²) < 4.78 is 48.2. The Morgan fingerprint density at radius 1 is 1.08 bits per heavy atom. The van der Waals surface area contributed by atoms with E-state index in [0.29, 0.717) is 6.54 Å². The van der Waals surface area contributed by atoms with Crippen molar-refractivity contribution >= 4 is 0 Å². The van der Waals surface area contributed by atoms with Crippen LogP contribution in [0.1, 0.15) is 38.0 Å².